The fraction of sp³-hybridized carbons (Fsp3) is 0.294. The van der Waals surface area contributed by atoms with Crippen LogP contribution in [0.2, 0.25) is 0 Å². The molecule has 0 atom stereocenters. The summed E-state index contributed by atoms with van der Waals surface area (Å²) in [5.74, 6) is 0.437. The first kappa shape index (κ1) is 15.9. The first-order valence-corrected chi connectivity index (χ1v) is 7.61. The first-order chi connectivity index (χ1) is 11.5. The van der Waals surface area contributed by atoms with E-state index in [4.69, 9.17) is 4.52 Å². The molecule has 3 aromatic rings. The molecule has 0 saturated heterocycles. The SMILES string of the molecule is Cc1nc(N(C)C)nc(C)c1NC(=O)Cc1noc2ccccc12. The molecular formula is C17H19N5O2. The summed E-state index contributed by atoms with van der Waals surface area (Å²) in [5, 5.41) is 7.72. The zero-order chi connectivity index (χ0) is 17.3. The molecule has 1 aromatic carbocycles. The number of aryl methyl sites for hydroxylation is 2. The number of amides is 1. The minimum absolute atomic E-state index is 0.130. The molecule has 0 unspecified atom stereocenters. The van der Waals surface area contributed by atoms with Crippen LogP contribution in [-0.2, 0) is 11.2 Å². The Balaban J connectivity index is 1.80. The Bertz CT molecular complexity index is 878. The van der Waals surface area contributed by atoms with Gasteiger partial charge >= 0.3 is 0 Å². The molecule has 3 rings (SSSR count). The van der Waals surface area contributed by atoms with Gasteiger partial charge in [-0.05, 0) is 26.0 Å². The van der Waals surface area contributed by atoms with Crippen molar-refractivity contribution < 1.29 is 9.32 Å². The molecule has 0 aliphatic rings. The Morgan fingerprint density at radius 3 is 2.50 bits per heavy atom. The van der Waals surface area contributed by atoms with E-state index in [1.165, 1.54) is 0 Å². The molecule has 0 fully saturated rings. The number of benzene rings is 1. The summed E-state index contributed by atoms with van der Waals surface area (Å²) in [6.07, 6.45) is 0.130. The summed E-state index contributed by atoms with van der Waals surface area (Å²) in [4.78, 5) is 23.0. The Kier molecular flexibility index (Phi) is 4.16. The van der Waals surface area contributed by atoms with Crippen molar-refractivity contribution in [1.82, 2.24) is 15.1 Å². The molecule has 1 amide bonds. The molecule has 0 spiro atoms. The summed E-state index contributed by atoms with van der Waals surface area (Å²) in [6.45, 7) is 3.70. The molecule has 2 heterocycles. The van der Waals surface area contributed by atoms with Crippen molar-refractivity contribution in [3.05, 3.63) is 41.3 Å². The van der Waals surface area contributed by atoms with Crippen molar-refractivity contribution in [3.63, 3.8) is 0 Å². The number of nitrogens with zero attached hydrogens (tertiary/aromatic N) is 4. The average molecular weight is 325 g/mol. The Morgan fingerprint density at radius 1 is 1.17 bits per heavy atom. The van der Waals surface area contributed by atoms with Crippen LogP contribution in [0.1, 0.15) is 17.1 Å². The number of anilines is 2. The van der Waals surface area contributed by atoms with Crippen LogP contribution < -0.4 is 10.2 Å². The average Bonchev–Trinajstić information content (AvgIpc) is 2.94. The number of hydrogen-bond donors (Lipinski definition) is 1. The molecule has 1 N–H and O–H groups in total. The number of carbonyl (C=O) groups is 1. The molecule has 24 heavy (non-hydrogen) atoms. The van der Waals surface area contributed by atoms with E-state index in [9.17, 15) is 4.79 Å². The van der Waals surface area contributed by atoms with Crippen LogP contribution in [0.3, 0.4) is 0 Å². The summed E-state index contributed by atoms with van der Waals surface area (Å²) in [6, 6.07) is 7.47. The highest BCUT2D eigenvalue weighted by atomic mass is 16.5. The van der Waals surface area contributed by atoms with Gasteiger partial charge < -0.3 is 14.7 Å². The minimum Gasteiger partial charge on any atom is -0.356 e. The smallest absolute Gasteiger partial charge is 0.230 e. The maximum atomic E-state index is 12.4. The first-order valence-electron chi connectivity index (χ1n) is 7.61. The van der Waals surface area contributed by atoms with Crippen LogP contribution in [0.5, 0.6) is 0 Å². The van der Waals surface area contributed by atoms with Gasteiger partial charge in [-0.1, -0.05) is 17.3 Å². The fourth-order valence-electron chi connectivity index (χ4n) is 2.48. The summed E-state index contributed by atoms with van der Waals surface area (Å²) in [7, 11) is 3.75. The normalized spacial score (nSPS) is 10.8. The third-order valence-corrected chi connectivity index (χ3v) is 3.70. The second-order valence-electron chi connectivity index (χ2n) is 5.81. The summed E-state index contributed by atoms with van der Waals surface area (Å²) < 4.78 is 5.23. The Hall–Kier alpha value is -2.96. The zero-order valence-electron chi connectivity index (χ0n) is 14.1. The molecule has 0 radical (unpaired) electrons. The number of nitrogens with one attached hydrogen (secondary N) is 1. The topological polar surface area (TPSA) is 84.2 Å². The van der Waals surface area contributed by atoms with E-state index in [0.717, 1.165) is 16.8 Å². The summed E-state index contributed by atoms with van der Waals surface area (Å²) in [5.41, 5.74) is 3.38. The second-order valence-corrected chi connectivity index (χ2v) is 5.81. The predicted molar refractivity (Wildman–Crippen MR) is 92.2 cm³/mol. The van der Waals surface area contributed by atoms with Crippen molar-refractivity contribution in [3.8, 4) is 0 Å². The van der Waals surface area contributed by atoms with E-state index < -0.39 is 0 Å². The highest BCUT2D eigenvalue weighted by Gasteiger charge is 2.16. The van der Waals surface area contributed by atoms with E-state index in [0.29, 0.717) is 22.9 Å². The number of aromatic nitrogens is 3. The van der Waals surface area contributed by atoms with Gasteiger partial charge in [-0.15, -0.1) is 0 Å². The van der Waals surface area contributed by atoms with Crippen molar-refractivity contribution in [2.75, 3.05) is 24.3 Å². The second kappa shape index (κ2) is 6.27. The van der Waals surface area contributed by atoms with E-state index in [-0.39, 0.29) is 12.3 Å². The van der Waals surface area contributed by atoms with Crippen LogP contribution in [-0.4, -0.2) is 35.1 Å². The van der Waals surface area contributed by atoms with Crippen molar-refractivity contribution >= 4 is 28.5 Å². The Morgan fingerprint density at radius 2 is 1.83 bits per heavy atom. The van der Waals surface area contributed by atoms with E-state index in [1.54, 1.807) is 0 Å². The van der Waals surface area contributed by atoms with Crippen LogP contribution >= 0.6 is 0 Å². The van der Waals surface area contributed by atoms with Gasteiger partial charge in [-0.3, -0.25) is 4.79 Å². The van der Waals surface area contributed by atoms with Crippen LogP contribution in [0.4, 0.5) is 11.6 Å². The van der Waals surface area contributed by atoms with Gasteiger partial charge in [0.05, 0.1) is 23.5 Å². The van der Waals surface area contributed by atoms with Gasteiger partial charge in [0.1, 0.15) is 5.69 Å². The standard InChI is InChI=1S/C17H19N5O2/c1-10-16(11(2)19-17(18-10)22(3)4)20-15(23)9-13-12-7-5-6-8-14(12)24-21-13/h5-8H,9H2,1-4H3,(H,20,23). The van der Waals surface area contributed by atoms with Crippen molar-refractivity contribution in [2.24, 2.45) is 0 Å². The molecule has 0 saturated carbocycles. The Labute approximate surface area is 139 Å². The maximum absolute atomic E-state index is 12.4. The third-order valence-electron chi connectivity index (χ3n) is 3.70. The molecule has 7 heteroatoms. The van der Waals surface area contributed by atoms with Crippen molar-refractivity contribution in [1.29, 1.82) is 0 Å². The lowest BCUT2D eigenvalue weighted by Crippen LogP contribution is -2.19. The lowest BCUT2D eigenvalue weighted by atomic mass is 10.1. The van der Waals surface area contributed by atoms with Crippen LogP contribution in [0.25, 0.3) is 11.0 Å². The number of rotatable bonds is 4. The maximum Gasteiger partial charge on any atom is 0.230 e. The quantitative estimate of drug-likeness (QED) is 0.793. The highest BCUT2D eigenvalue weighted by molar-refractivity contribution is 5.95. The van der Waals surface area contributed by atoms with Gasteiger partial charge in [0.25, 0.3) is 0 Å². The lowest BCUT2D eigenvalue weighted by molar-refractivity contribution is -0.115. The summed E-state index contributed by atoms with van der Waals surface area (Å²) >= 11 is 0. The molecule has 0 aliphatic carbocycles. The molecular weight excluding hydrogens is 306 g/mol. The van der Waals surface area contributed by atoms with E-state index in [1.807, 2.05) is 57.1 Å². The number of para-hydroxylation sites is 1. The van der Waals surface area contributed by atoms with E-state index in [2.05, 4.69) is 20.4 Å². The molecule has 7 nitrogen and oxygen atoms in total. The highest BCUT2D eigenvalue weighted by Crippen LogP contribution is 2.21. The van der Waals surface area contributed by atoms with E-state index >= 15 is 0 Å². The van der Waals surface area contributed by atoms with Crippen molar-refractivity contribution in [2.45, 2.75) is 20.3 Å². The molecule has 0 aliphatic heterocycles. The molecule has 0 bridgehead atoms. The molecule has 2 aromatic heterocycles. The van der Waals surface area contributed by atoms with Gasteiger partial charge in [0.2, 0.25) is 11.9 Å². The fourth-order valence-corrected chi connectivity index (χ4v) is 2.48. The molecule has 124 valence electrons. The number of carbonyl (C=O) groups excluding carboxylic acids is 1. The van der Waals surface area contributed by atoms with Gasteiger partial charge in [0, 0.05) is 19.5 Å². The van der Waals surface area contributed by atoms with Crippen LogP contribution in [0, 0.1) is 13.8 Å². The van der Waals surface area contributed by atoms with Gasteiger partial charge in [0.15, 0.2) is 5.58 Å². The number of fused-ring (bicyclic) bond motifs is 1. The predicted octanol–water partition coefficient (Wildman–Crippen LogP) is 2.48. The number of hydrogen-bond acceptors (Lipinski definition) is 6. The van der Waals surface area contributed by atoms with Crippen LogP contribution in [0.15, 0.2) is 28.8 Å². The third kappa shape index (κ3) is 3.05. The zero-order valence-corrected chi connectivity index (χ0v) is 14.1. The monoisotopic (exact) mass is 325 g/mol. The largest absolute Gasteiger partial charge is 0.356 e. The van der Waals surface area contributed by atoms with Gasteiger partial charge in [-0.2, -0.15) is 0 Å². The van der Waals surface area contributed by atoms with Gasteiger partial charge in [-0.25, -0.2) is 9.97 Å². The minimum atomic E-state index is -0.179. The lowest BCUT2D eigenvalue weighted by Gasteiger charge is -2.15.